The van der Waals surface area contributed by atoms with Gasteiger partial charge in [-0.05, 0) is 0 Å². The third kappa shape index (κ3) is 19.8. The second-order valence-corrected chi connectivity index (χ2v) is 19.9. The summed E-state index contributed by atoms with van der Waals surface area (Å²) in [7, 11) is 0. The Kier molecular flexibility index (Phi) is 23.6. The van der Waals surface area contributed by atoms with Crippen LogP contribution >= 0.6 is 0 Å². The molecule has 9 heteroatoms. The van der Waals surface area contributed by atoms with E-state index in [9.17, 15) is 19.2 Å². The molecular formula is C32H56O8Sn. The molecule has 0 radical (unpaired) electrons. The Morgan fingerprint density at radius 2 is 0.878 bits per heavy atom. The molecule has 0 aliphatic rings. The van der Waals surface area contributed by atoms with Gasteiger partial charge in [-0.2, -0.15) is 0 Å². The van der Waals surface area contributed by atoms with Crippen molar-refractivity contribution in [2.45, 2.75) is 127 Å². The molecule has 236 valence electrons. The molecule has 0 fully saturated rings. The van der Waals surface area contributed by atoms with Crippen molar-refractivity contribution in [2.75, 3.05) is 13.2 Å². The number of esters is 2. The van der Waals surface area contributed by atoms with Gasteiger partial charge in [0.1, 0.15) is 0 Å². The van der Waals surface area contributed by atoms with Crippen LogP contribution in [0.5, 0.6) is 0 Å². The molecule has 0 heterocycles. The quantitative estimate of drug-likeness (QED) is 0.0577. The van der Waals surface area contributed by atoms with Crippen LogP contribution in [0.2, 0.25) is 8.87 Å². The van der Waals surface area contributed by atoms with Gasteiger partial charge >= 0.3 is 255 Å². The second kappa shape index (κ2) is 24.7. The molecule has 0 aromatic carbocycles. The molecule has 0 unspecified atom stereocenters. The standard InChI is InChI=1S/2C12H20O4.2C4H9.Sn/c2*1-3-5-6-10(4-2)9-16-12(15)8-7-11(13)14;2*1-3-4-2;/h2*7-8,10H,3-6,9H2,1-2H3,(H,13,14);2*1,3-4H2,2H3;/q;;;;+2/p-2/b8-7+;8-7-;;;/t2*10-;;;/m01.../s1. The number of unbranched alkanes of at least 4 members (excludes halogenated alkanes) is 4. The first-order valence-electron chi connectivity index (χ1n) is 15.8. The van der Waals surface area contributed by atoms with Crippen molar-refractivity contribution in [2.24, 2.45) is 11.8 Å². The van der Waals surface area contributed by atoms with Crippen molar-refractivity contribution in [3.63, 3.8) is 0 Å². The van der Waals surface area contributed by atoms with Crippen molar-refractivity contribution < 1.29 is 34.8 Å². The predicted molar refractivity (Wildman–Crippen MR) is 164 cm³/mol. The van der Waals surface area contributed by atoms with E-state index in [1.165, 1.54) is 0 Å². The fourth-order valence-corrected chi connectivity index (χ4v) is 13.8. The number of hydrogen-bond donors (Lipinski definition) is 0. The third-order valence-electron chi connectivity index (χ3n) is 7.12. The van der Waals surface area contributed by atoms with Crippen LogP contribution in [0.4, 0.5) is 0 Å². The van der Waals surface area contributed by atoms with Gasteiger partial charge in [-0.3, -0.25) is 0 Å². The predicted octanol–water partition coefficient (Wildman–Crippen LogP) is 7.75. The average molecular weight is 688 g/mol. The molecule has 0 aliphatic heterocycles. The second-order valence-electron chi connectivity index (χ2n) is 10.7. The SMILES string of the molecule is CCCC[C@@H](CC)COC(=O)/C=C\C(=O)[O][Sn]([CH2]CCC)([CH2]CCC)[O]C(=O)/C=C/C(=O)OC[C@@H](CC)CCCC. The van der Waals surface area contributed by atoms with Crippen LogP contribution in [-0.4, -0.2) is 56.3 Å². The Labute approximate surface area is 253 Å². The maximum absolute atomic E-state index is 12.8. The summed E-state index contributed by atoms with van der Waals surface area (Å²) < 4.78 is 23.4. The Hall–Kier alpha value is -1.84. The van der Waals surface area contributed by atoms with E-state index in [0.717, 1.165) is 101 Å². The molecule has 0 N–H and O–H groups in total. The first-order valence-corrected chi connectivity index (χ1v) is 22.2. The van der Waals surface area contributed by atoms with Crippen LogP contribution in [0.1, 0.15) is 119 Å². The molecule has 0 aromatic rings. The molecule has 0 bridgehead atoms. The van der Waals surface area contributed by atoms with Gasteiger partial charge in [-0.1, -0.05) is 0 Å². The van der Waals surface area contributed by atoms with Crippen molar-refractivity contribution in [3.8, 4) is 0 Å². The number of ether oxygens (including phenoxy) is 2. The summed E-state index contributed by atoms with van der Waals surface area (Å²) in [6.07, 6.45) is 15.6. The van der Waals surface area contributed by atoms with E-state index in [1.807, 2.05) is 13.8 Å². The van der Waals surface area contributed by atoms with E-state index in [4.69, 9.17) is 15.6 Å². The molecule has 0 saturated heterocycles. The molecule has 0 aromatic heterocycles. The Morgan fingerprint density at radius 3 is 1.20 bits per heavy atom. The normalized spacial score (nSPS) is 13.2. The molecule has 41 heavy (non-hydrogen) atoms. The van der Waals surface area contributed by atoms with E-state index < -0.39 is 43.1 Å². The van der Waals surface area contributed by atoms with Gasteiger partial charge in [0.15, 0.2) is 0 Å². The Bertz CT molecular complexity index is 742. The summed E-state index contributed by atoms with van der Waals surface area (Å²) >= 11 is -4.26. The van der Waals surface area contributed by atoms with Gasteiger partial charge < -0.3 is 0 Å². The number of carbonyl (C=O) groups is 4. The molecule has 0 amide bonds. The van der Waals surface area contributed by atoms with Crippen LogP contribution in [0.15, 0.2) is 24.3 Å². The average Bonchev–Trinajstić information content (AvgIpc) is 2.97. The fraction of sp³-hybridized carbons (Fsp3) is 0.750. The zero-order valence-electron chi connectivity index (χ0n) is 26.5. The molecule has 2 atom stereocenters. The van der Waals surface area contributed by atoms with E-state index in [-0.39, 0.29) is 0 Å². The molecule has 0 rings (SSSR count). The van der Waals surface area contributed by atoms with Crippen molar-refractivity contribution in [3.05, 3.63) is 24.3 Å². The van der Waals surface area contributed by atoms with Gasteiger partial charge in [0.05, 0.1) is 0 Å². The topological polar surface area (TPSA) is 105 Å². The number of hydrogen-bond acceptors (Lipinski definition) is 8. The summed E-state index contributed by atoms with van der Waals surface area (Å²) in [5.41, 5.74) is 0. The zero-order valence-corrected chi connectivity index (χ0v) is 29.4. The fourth-order valence-electron chi connectivity index (χ4n) is 4.24. The van der Waals surface area contributed by atoms with E-state index >= 15 is 0 Å². The van der Waals surface area contributed by atoms with Crippen LogP contribution in [0, 0.1) is 11.8 Å². The van der Waals surface area contributed by atoms with Gasteiger partial charge in [-0.25, -0.2) is 0 Å². The molecule has 0 aliphatic carbocycles. The monoisotopic (exact) mass is 688 g/mol. The van der Waals surface area contributed by atoms with Crippen LogP contribution in [0.25, 0.3) is 0 Å². The third-order valence-corrected chi connectivity index (χ3v) is 16.8. The minimum absolute atomic E-state index is 0.296. The summed E-state index contributed by atoms with van der Waals surface area (Å²) in [5.74, 6) is -2.03. The summed E-state index contributed by atoms with van der Waals surface area (Å²) in [4.78, 5) is 50.0. The van der Waals surface area contributed by atoms with Gasteiger partial charge in [0, 0.05) is 0 Å². The van der Waals surface area contributed by atoms with Gasteiger partial charge in [0.25, 0.3) is 0 Å². The first-order chi connectivity index (χ1) is 19.7. The Morgan fingerprint density at radius 1 is 0.537 bits per heavy atom. The van der Waals surface area contributed by atoms with Crippen molar-refractivity contribution >= 4 is 43.1 Å². The molecule has 0 saturated carbocycles. The number of rotatable bonds is 24. The summed E-state index contributed by atoms with van der Waals surface area (Å²) in [5, 5.41) is 0. The first kappa shape index (κ1) is 39.2. The van der Waals surface area contributed by atoms with Gasteiger partial charge in [0.2, 0.25) is 0 Å². The Balaban J connectivity index is 5.30. The maximum atomic E-state index is 12.8. The van der Waals surface area contributed by atoms with Crippen LogP contribution in [0.3, 0.4) is 0 Å². The van der Waals surface area contributed by atoms with Crippen molar-refractivity contribution in [1.82, 2.24) is 0 Å². The summed E-state index contributed by atoms with van der Waals surface area (Å²) in [6, 6.07) is 0. The van der Waals surface area contributed by atoms with Crippen LogP contribution < -0.4 is 0 Å². The van der Waals surface area contributed by atoms with E-state index in [1.54, 1.807) is 0 Å². The van der Waals surface area contributed by atoms with Crippen molar-refractivity contribution in [1.29, 1.82) is 0 Å². The van der Waals surface area contributed by atoms with Gasteiger partial charge in [-0.15, -0.1) is 0 Å². The zero-order chi connectivity index (χ0) is 30.9. The molecule has 8 nitrogen and oxygen atoms in total. The minimum atomic E-state index is -4.26. The van der Waals surface area contributed by atoms with E-state index in [2.05, 4.69) is 27.7 Å². The van der Waals surface area contributed by atoms with E-state index in [0.29, 0.717) is 33.9 Å². The molecular weight excluding hydrogens is 631 g/mol. The summed E-state index contributed by atoms with van der Waals surface area (Å²) in [6.45, 7) is 13.0. The van der Waals surface area contributed by atoms with Crippen LogP contribution in [-0.2, 0) is 34.8 Å². The number of carbonyl (C=O) groups excluding carboxylic acids is 4. The molecule has 0 spiro atoms.